The summed E-state index contributed by atoms with van der Waals surface area (Å²) in [4.78, 5) is 14.7. The van der Waals surface area contributed by atoms with Crippen molar-refractivity contribution in [3.63, 3.8) is 0 Å². The van der Waals surface area contributed by atoms with E-state index in [0.717, 1.165) is 37.2 Å². The van der Waals surface area contributed by atoms with E-state index in [1.54, 1.807) is 0 Å². The molecule has 0 bridgehead atoms. The number of halogens is 1. The highest BCUT2D eigenvalue weighted by atomic mass is 35.5. The topological polar surface area (TPSA) is 41.6 Å². The van der Waals surface area contributed by atoms with Crippen molar-refractivity contribution in [3.05, 3.63) is 52.7 Å². The summed E-state index contributed by atoms with van der Waals surface area (Å²) >= 11 is 6.45. The van der Waals surface area contributed by atoms with Crippen LogP contribution in [0.1, 0.15) is 103 Å². The van der Waals surface area contributed by atoms with E-state index < -0.39 is 0 Å². The van der Waals surface area contributed by atoms with Gasteiger partial charge in [-0.15, -0.1) is 0 Å². The van der Waals surface area contributed by atoms with Crippen molar-refractivity contribution in [1.82, 2.24) is 10.2 Å². The highest BCUT2D eigenvalue weighted by molar-refractivity contribution is 6.31. The summed E-state index contributed by atoms with van der Waals surface area (Å²) in [7, 11) is 0. The monoisotopic (exact) mass is 516 g/mol. The maximum absolute atomic E-state index is 12.4. The molecule has 1 N–H and O–H groups in total. The molecule has 4 nitrogen and oxygen atoms in total. The molecule has 2 rings (SSSR count). The summed E-state index contributed by atoms with van der Waals surface area (Å²) in [6, 6.07) is 5.67. The normalized spacial score (nSPS) is 13.1. The van der Waals surface area contributed by atoms with Crippen LogP contribution in [-0.4, -0.2) is 37.0 Å². The van der Waals surface area contributed by atoms with Gasteiger partial charge in [0, 0.05) is 24.7 Å². The first-order valence-electron chi connectivity index (χ1n) is 14.4. The number of hydrogen-bond acceptors (Lipinski definition) is 3. The molecule has 1 aromatic rings. The summed E-state index contributed by atoms with van der Waals surface area (Å²) in [6.45, 7) is 7.64. The molecule has 1 amide bonds. The van der Waals surface area contributed by atoms with Gasteiger partial charge >= 0.3 is 0 Å². The molecule has 202 valence electrons. The number of rotatable bonds is 20. The molecule has 0 radical (unpaired) electrons. The van der Waals surface area contributed by atoms with Gasteiger partial charge in [-0.1, -0.05) is 108 Å². The lowest BCUT2D eigenvalue weighted by Crippen LogP contribution is -2.32. The fraction of sp³-hybridized carbons (Fsp3) is 0.645. The zero-order valence-corrected chi connectivity index (χ0v) is 23.6. The molecule has 1 aliphatic heterocycles. The van der Waals surface area contributed by atoms with Gasteiger partial charge in [-0.05, 0) is 48.4 Å². The Bertz CT molecular complexity index is 806. The van der Waals surface area contributed by atoms with Gasteiger partial charge in [0.25, 0.3) is 0 Å². The first kappa shape index (κ1) is 30.3. The standard InChI is InChI=1S/C31H49ClN2O2/c1-3-5-6-7-8-9-10-11-12-13-14-15-22-36-29-19-18-28(30(32)24-29)23-31(35)33-25-27-17-16-21-34(26-27)20-4-2/h16-19,21,24H,3-15,20,22-23,25-26H2,1-2H3,(H,33,35). The molecule has 0 saturated carbocycles. The SMILES string of the molecule is CCCCCCCCCCCCCCOc1ccc(CC(=O)NCC2=CC=CN(CCC)C2)c(Cl)c1. The molecular formula is C31H49ClN2O2. The van der Waals surface area contributed by atoms with Crippen molar-refractivity contribution in [1.29, 1.82) is 0 Å². The van der Waals surface area contributed by atoms with Crippen LogP contribution in [0.25, 0.3) is 0 Å². The van der Waals surface area contributed by atoms with E-state index in [-0.39, 0.29) is 12.3 Å². The van der Waals surface area contributed by atoms with Crippen LogP contribution >= 0.6 is 11.6 Å². The van der Waals surface area contributed by atoms with E-state index in [1.807, 2.05) is 24.3 Å². The second-order valence-electron chi connectivity index (χ2n) is 10.1. The highest BCUT2D eigenvalue weighted by Gasteiger charge is 2.11. The first-order valence-corrected chi connectivity index (χ1v) is 14.8. The van der Waals surface area contributed by atoms with E-state index in [1.165, 1.54) is 76.2 Å². The van der Waals surface area contributed by atoms with Crippen LogP contribution in [0, 0.1) is 0 Å². The smallest absolute Gasteiger partial charge is 0.224 e. The minimum absolute atomic E-state index is 0.0143. The molecule has 0 aliphatic carbocycles. The van der Waals surface area contributed by atoms with Crippen LogP contribution < -0.4 is 10.1 Å². The van der Waals surface area contributed by atoms with Crippen molar-refractivity contribution >= 4 is 17.5 Å². The van der Waals surface area contributed by atoms with E-state index >= 15 is 0 Å². The van der Waals surface area contributed by atoms with E-state index in [9.17, 15) is 4.79 Å². The number of allylic oxidation sites excluding steroid dienone is 2. The summed E-state index contributed by atoms with van der Waals surface area (Å²) in [6.07, 6.45) is 23.7. The Morgan fingerprint density at radius 2 is 1.61 bits per heavy atom. The summed E-state index contributed by atoms with van der Waals surface area (Å²) in [5, 5.41) is 3.62. The number of benzene rings is 1. The Kier molecular flexibility index (Phi) is 16.2. The minimum atomic E-state index is -0.0143. The third-order valence-electron chi connectivity index (χ3n) is 6.70. The Morgan fingerprint density at radius 3 is 2.25 bits per heavy atom. The third-order valence-corrected chi connectivity index (χ3v) is 7.05. The highest BCUT2D eigenvalue weighted by Crippen LogP contribution is 2.23. The van der Waals surface area contributed by atoms with E-state index in [2.05, 4.69) is 36.3 Å². The summed E-state index contributed by atoms with van der Waals surface area (Å²) in [5.41, 5.74) is 2.05. The van der Waals surface area contributed by atoms with Crippen molar-refractivity contribution in [2.24, 2.45) is 0 Å². The molecule has 5 heteroatoms. The quantitative estimate of drug-likeness (QED) is 0.177. The van der Waals surface area contributed by atoms with Crippen LogP contribution in [0.4, 0.5) is 0 Å². The molecule has 1 heterocycles. The van der Waals surface area contributed by atoms with Gasteiger partial charge < -0.3 is 15.0 Å². The summed E-state index contributed by atoms with van der Waals surface area (Å²) in [5.74, 6) is 0.766. The van der Waals surface area contributed by atoms with Gasteiger partial charge in [-0.2, -0.15) is 0 Å². The third kappa shape index (κ3) is 13.4. The first-order chi connectivity index (χ1) is 17.6. The number of carbonyl (C=O) groups excluding carboxylic acids is 1. The maximum Gasteiger partial charge on any atom is 0.224 e. The number of nitrogens with zero attached hydrogens (tertiary/aromatic N) is 1. The number of unbranched alkanes of at least 4 members (excludes halogenated alkanes) is 11. The van der Waals surface area contributed by atoms with Crippen molar-refractivity contribution in [2.75, 3.05) is 26.2 Å². The fourth-order valence-corrected chi connectivity index (χ4v) is 4.80. The van der Waals surface area contributed by atoms with Crippen LogP contribution in [-0.2, 0) is 11.2 Å². The Hall–Kier alpha value is -1.94. The molecule has 0 fully saturated rings. The zero-order valence-electron chi connectivity index (χ0n) is 22.8. The fourth-order valence-electron chi connectivity index (χ4n) is 4.56. The molecular weight excluding hydrogens is 468 g/mol. The van der Waals surface area contributed by atoms with Crippen molar-refractivity contribution < 1.29 is 9.53 Å². The number of nitrogens with one attached hydrogen (secondary N) is 1. The summed E-state index contributed by atoms with van der Waals surface area (Å²) < 4.78 is 5.89. The second kappa shape index (κ2) is 19.2. The molecule has 0 spiro atoms. The molecule has 36 heavy (non-hydrogen) atoms. The number of ether oxygens (including phenoxy) is 1. The molecule has 0 saturated heterocycles. The van der Waals surface area contributed by atoms with E-state index in [0.29, 0.717) is 18.2 Å². The van der Waals surface area contributed by atoms with Crippen molar-refractivity contribution in [3.8, 4) is 5.75 Å². The number of carbonyl (C=O) groups is 1. The van der Waals surface area contributed by atoms with Crippen molar-refractivity contribution in [2.45, 2.75) is 104 Å². The average molecular weight is 517 g/mol. The Balaban J connectivity index is 1.54. The second-order valence-corrected chi connectivity index (χ2v) is 10.5. The zero-order chi connectivity index (χ0) is 25.8. The lowest BCUT2D eigenvalue weighted by Gasteiger charge is -2.24. The Labute approximate surface area is 225 Å². The Morgan fingerprint density at radius 1 is 0.944 bits per heavy atom. The van der Waals surface area contributed by atoms with Gasteiger partial charge in [0.1, 0.15) is 5.75 Å². The minimum Gasteiger partial charge on any atom is -0.494 e. The van der Waals surface area contributed by atoms with Gasteiger partial charge in [0.2, 0.25) is 5.91 Å². The molecule has 0 atom stereocenters. The lowest BCUT2D eigenvalue weighted by molar-refractivity contribution is -0.120. The average Bonchev–Trinajstić information content (AvgIpc) is 2.87. The lowest BCUT2D eigenvalue weighted by atomic mass is 10.1. The van der Waals surface area contributed by atoms with Crippen LogP contribution in [0.15, 0.2) is 42.1 Å². The number of hydrogen-bond donors (Lipinski definition) is 1. The maximum atomic E-state index is 12.4. The predicted molar refractivity (Wildman–Crippen MR) is 154 cm³/mol. The van der Waals surface area contributed by atoms with Gasteiger partial charge in [-0.3, -0.25) is 4.79 Å². The number of amides is 1. The van der Waals surface area contributed by atoms with Gasteiger partial charge in [-0.25, -0.2) is 0 Å². The predicted octanol–water partition coefficient (Wildman–Crippen LogP) is 8.24. The van der Waals surface area contributed by atoms with Gasteiger partial charge in [0.05, 0.1) is 13.0 Å². The van der Waals surface area contributed by atoms with Crippen LogP contribution in [0.5, 0.6) is 5.75 Å². The molecule has 0 unspecified atom stereocenters. The van der Waals surface area contributed by atoms with Crippen LogP contribution in [0.3, 0.4) is 0 Å². The van der Waals surface area contributed by atoms with E-state index in [4.69, 9.17) is 16.3 Å². The molecule has 1 aliphatic rings. The largest absolute Gasteiger partial charge is 0.494 e. The van der Waals surface area contributed by atoms with Gasteiger partial charge in [0.15, 0.2) is 0 Å². The molecule has 1 aromatic carbocycles. The molecule has 0 aromatic heterocycles. The van der Waals surface area contributed by atoms with Crippen LogP contribution in [0.2, 0.25) is 5.02 Å².